The van der Waals surface area contributed by atoms with Gasteiger partial charge in [0.25, 0.3) is 0 Å². The van der Waals surface area contributed by atoms with Crippen LogP contribution in [0.2, 0.25) is 0 Å². The summed E-state index contributed by atoms with van der Waals surface area (Å²) >= 11 is 0. The highest BCUT2D eigenvalue weighted by Crippen LogP contribution is 2.34. The van der Waals surface area contributed by atoms with E-state index in [2.05, 4.69) is 4.74 Å². The quantitative estimate of drug-likeness (QED) is 0.692. The average Bonchev–Trinajstić information content (AvgIpc) is 1.97. The topological polar surface area (TPSA) is 9.23 Å². The van der Waals surface area contributed by atoms with Crippen LogP contribution in [0.15, 0.2) is 0 Å². The van der Waals surface area contributed by atoms with Crippen molar-refractivity contribution in [2.24, 2.45) is 0 Å². The summed E-state index contributed by atoms with van der Waals surface area (Å²) in [6, 6.07) is 0. The van der Waals surface area contributed by atoms with Crippen LogP contribution < -0.4 is 0 Å². The van der Waals surface area contributed by atoms with E-state index in [1.807, 2.05) is 0 Å². The molecule has 92 valence electrons. The van der Waals surface area contributed by atoms with Gasteiger partial charge in [0, 0.05) is 0 Å². The highest BCUT2D eigenvalue weighted by Gasteiger charge is 2.54. The molecule has 0 radical (unpaired) electrons. The third kappa shape index (κ3) is 4.18. The zero-order chi connectivity index (χ0) is 12.4. The lowest BCUT2D eigenvalue weighted by atomic mass is 10.2. The summed E-state index contributed by atoms with van der Waals surface area (Å²) in [5.41, 5.74) is 0. The summed E-state index contributed by atoms with van der Waals surface area (Å²) in [4.78, 5) is 0. The molecule has 0 bridgehead atoms. The molecule has 0 amide bonds. The van der Waals surface area contributed by atoms with Crippen molar-refractivity contribution < 1.29 is 39.9 Å². The Hall–Kier alpha value is -0.600. The average molecular weight is 246 g/mol. The van der Waals surface area contributed by atoms with Gasteiger partial charge in [-0.15, -0.1) is 0 Å². The minimum atomic E-state index is -5.48. The molecule has 0 fully saturated rings. The highest BCUT2D eigenvalue weighted by atomic mass is 19.4. The third-order valence-corrected chi connectivity index (χ3v) is 1.28. The molecule has 15 heavy (non-hydrogen) atoms. The zero-order valence-electron chi connectivity index (χ0n) is 7.16. The van der Waals surface area contributed by atoms with Crippen molar-refractivity contribution >= 4 is 0 Å². The van der Waals surface area contributed by atoms with Gasteiger partial charge >= 0.3 is 18.7 Å². The number of ether oxygens (including phenoxy) is 1. The van der Waals surface area contributed by atoms with Gasteiger partial charge in [-0.3, -0.25) is 4.74 Å². The van der Waals surface area contributed by atoms with Gasteiger partial charge in [0.15, 0.2) is 6.10 Å². The summed E-state index contributed by atoms with van der Waals surface area (Å²) in [5, 5.41) is 0. The largest absolute Gasteiger partial charge is 0.417 e. The van der Waals surface area contributed by atoms with Crippen molar-refractivity contribution in [3.8, 4) is 0 Å². The van der Waals surface area contributed by atoms with E-state index < -0.39 is 31.0 Å². The fourth-order valence-electron chi connectivity index (χ4n) is 0.642. The lowest BCUT2D eigenvalue weighted by Crippen LogP contribution is -2.46. The van der Waals surface area contributed by atoms with Gasteiger partial charge in [-0.25, -0.2) is 13.2 Å². The first-order valence-corrected chi connectivity index (χ1v) is 3.53. The molecule has 0 aliphatic rings. The Bertz CT molecular complexity index is 198. The maximum atomic E-state index is 12.2. The Morgan fingerprint density at radius 1 is 0.933 bits per heavy atom. The Balaban J connectivity index is 4.71. The zero-order valence-corrected chi connectivity index (χ0v) is 7.16. The van der Waals surface area contributed by atoms with Crippen LogP contribution in [0.1, 0.15) is 6.92 Å². The number of hydrogen-bond donors (Lipinski definition) is 0. The maximum absolute atomic E-state index is 12.2. The fraction of sp³-hybridized carbons (Fsp3) is 1.00. The standard InChI is InChI=1S/C6H6F8O/c1-2(7)3(5(10,11)12)15-6(13,14)4(8)9/h2-4H,1H3. The first-order valence-electron chi connectivity index (χ1n) is 3.53. The number of rotatable bonds is 4. The number of alkyl halides is 8. The second kappa shape index (κ2) is 4.50. The van der Waals surface area contributed by atoms with E-state index in [1.165, 1.54) is 0 Å². The maximum Gasteiger partial charge on any atom is 0.417 e. The molecule has 0 rings (SSSR count). The molecule has 0 heterocycles. The van der Waals surface area contributed by atoms with Gasteiger partial charge in [-0.1, -0.05) is 0 Å². The van der Waals surface area contributed by atoms with Crippen LogP contribution in [0, 0.1) is 0 Å². The van der Waals surface area contributed by atoms with Crippen molar-refractivity contribution in [3.63, 3.8) is 0 Å². The lowest BCUT2D eigenvalue weighted by Gasteiger charge is -2.26. The Labute approximate surface area is 79.0 Å². The van der Waals surface area contributed by atoms with Gasteiger partial charge in [-0.2, -0.15) is 22.0 Å². The van der Waals surface area contributed by atoms with E-state index in [1.54, 1.807) is 0 Å². The molecule has 9 heteroatoms. The SMILES string of the molecule is CC(F)C(OC(F)(F)C(F)F)C(F)(F)F. The molecule has 0 N–H and O–H groups in total. The van der Waals surface area contributed by atoms with E-state index in [9.17, 15) is 35.1 Å². The number of hydrogen-bond acceptors (Lipinski definition) is 1. The lowest BCUT2D eigenvalue weighted by molar-refractivity contribution is -0.366. The molecule has 0 aromatic heterocycles. The number of halogens is 8. The van der Waals surface area contributed by atoms with Crippen molar-refractivity contribution in [3.05, 3.63) is 0 Å². The van der Waals surface area contributed by atoms with Gasteiger partial charge in [-0.05, 0) is 6.92 Å². The van der Waals surface area contributed by atoms with Gasteiger partial charge < -0.3 is 0 Å². The van der Waals surface area contributed by atoms with E-state index in [0.717, 1.165) is 0 Å². The summed E-state index contributed by atoms with van der Waals surface area (Å²) < 4.78 is 97.5. The summed E-state index contributed by atoms with van der Waals surface area (Å²) in [5.74, 6) is 0. The molecule has 0 spiro atoms. The van der Waals surface area contributed by atoms with Crippen LogP contribution in [0.25, 0.3) is 0 Å². The molecule has 2 unspecified atom stereocenters. The predicted octanol–water partition coefficient (Wildman–Crippen LogP) is 3.15. The van der Waals surface area contributed by atoms with Crippen molar-refractivity contribution in [2.75, 3.05) is 0 Å². The smallest absolute Gasteiger partial charge is 0.300 e. The van der Waals surface area contributed by atoms with Crippen LogP contribution in [0.5, 0.6) is 0 Å². The van der Waals surface area contributed by atoms with Crippen molar-refractivity contribution in [2.45, 2.75) is 37.9 Å². The summed E-state index contributed by atoms with van der Waals surface area (Å²) in [6.07, 6.45) is -21.7. The summed E-state index contributed by atoms with van der Waals surface area (Å²) in [6.45, 7) is 0.277. The highest BCUT2D eigenvalue weighted by molar-refractivity contribution is 4.76. The van der Waals surface area contributed by atoms with Crippen molar-refractivity contribution in [1.82, 2.24) is 0 Å². The second-order valence-electron chi connectivity index (χ2n) is 2.62. The Morgan fingerprint density at radius 3 is 1.53 bits per heavy atom. The van der Waals surface area contributed by atoms with E-state index in [0.29, 0.717) is 0 Å². The van der Waals surface area contributed by atoms with Gasteiger partial charge in [0.05, 0.1) is 0 Å². The van der Waals surface area contributed by atoms with Crippen LogP contribution in [-0.2, 0) is 4.74 Å². The molecular weight excluding hydrogens is 240 g/mol. The monoisotopic (exact) mass is 246 g/mol. The Morgan fingerprint density at radius 2 is 1.33 bits per heavy atom. The summed E-state index contributed by atoms with van der Waals surface area (Å²) in [7, 11) is 0. The normalized spacial score (nSPS) is 18.0. The first kappa shape index (κ1) is 14.4. The Kier molecular flexibility index (Phi) is 4.32. The second-order valence-corrected chi connectivity index (χ2v) is 2.62. The molecule has 0 saturated carbocycles. The molecule has 0 aliphatic heterocycles. The molecular formula is C6H6F8O. The first-order chi connectivity index (χ1) is 6.48. The molecule has 2 atom stereocenters. The minimum absolute atomic E-state index is 0.277. The van der Waals surface area contributed by atoms with Crippen LogP contribution in [-0.4, -0.2) is 31.0 Å². The molecule has 0 saturated heterocycles. The van der Waals surface area contributed by atoms with Crippen LogP contribution in [0.4, 0.5) is 35.1 Å². The molecule has 0 aromatic rings. The fourth-order valence-corrected chi connectivity index (χ4v) is 0.642. The van der Waals surface area contributed by atoms with E-state index >= 15 is 0 Å². The minimum Gasteiger partial charge on any atom is -0.300 e. The van der Waals surface area contributed by atoms with Gasteiger partial charge in [0.1, 0.15) is 6.17 Å². The van der Waals surface area contributed by atoms with Crippen LogP contribution in [0.3, 0.4) is 0 Å². The molecule has 0 aliphatic carbocycles. The third-order valence-electron chi connectivity index (χ3n) is 1.28. The van der Waals surface area contributed by atoms with Crippen LogP contribution >= 0.6 is 0 Å². The van der Waals surface area contributed by atoms with Crippen molar-refractivity contribution in [1.29, 1.82) is 0 Å². The van der Waals surface area contributed by atoms with E-state index in [4.69, 9.17) is 0 Å². The molecule has 1 nitrogen and oxygen atoms in total. The predicted molar refractivity (Wildman–Crippen MR) is 32.4 cm³/mol. The molecule has 0 aromatic carbocycles. The van der Waals surface area contributed by atoms with Gasteiger partial charge in [0.2, 0.25) is 0 Å². The van der Waals surface area contributed by atoms with E-state index in [-0.39, 0.29) is 6.92 Å².